The van der Waals surface area contributed by atoms with Crippen molar-refractivity contribution in [1.29, 1.82) is 0 Å². The minimum Gasteiger partial charge on any atom is -0.385 e. The Morgan fingerprint density at radius 1 is 1.23 bits per heavy atom. The quantitative estimate of drug-likeness (QED) is 0.511. The van der Waals surface area contributed by atoms with E-state index in [1.54, 1.807) is 26.1 Å². The Balaban J connectivity index is 1.97. The van der Waals surface area contributed by atoms with E-state index in [9.17, 15) is 4.79 Å². The van der Waals surface area contributed by atoms with Crippen LogP contribution in [0.3, 0.4) is 0 Å². The molecule has 2 unspecified atom stereocenters. The second kappa shape index (κ2) is 10.1. The summed E-state index contributed by atoms with van der Waals surface area (Å²) in [7, 11) is 5.32. The molecule has 26 heavy (non-hydrogen) atoms. The van der Waals surface area contributed by atoms with Crippen LogP contribution in [-0.4, -0.2) is 63.7 Å². The molecular weight excluding hydrogens is 328 g/mol. The molecule has 2 rings (SSSR count). The third-order valence-electron chi connectivity index (χ3n) is 6.19. The minimum absolute atomic E-state index is 0.0283. The molecule has 0 radical (unpaired) electrons. The number of guanidine groups is 1. The van der Waals surface area contributed by atoms with Crippen LogP contribution in [0.25, 0.3) is 0 Å². The molecule has 2 atom stereocenters. The van der Waals surface area contributed by atoms with Gasteiger partial charge in [-0.2, -0.15) is 0 Å². The number of ether oxygens (including phenoxy) is 1. The molecule has 0 aliphatic heterocycles. The Labute approximate surface area is 159 Å². The van der Waals surface area contributed by atoms with Gasteiger partial charge in [0.25, 0.3) is 0 Å². The molecular formula is C20H38N4O2. The molecule has 0 aromatic rings. The van der Waals surface area contributed by atoms with Gasteiger partial charge >= 0.3 is 0 Å². The number of carbonyl (C=O) groups is 1. The van der Waals surface area contributed by atoms with Crippen LogP contribution in [0.15, 0.2) is 4.99 Å². The van der Waals surface area contributed by atoms with Crippen LogP contribution in [-0.2, 0) is 9.53 Å². The topological polar surface area (TPSA) is 66.0 Å². The normalized spacial score (nSPS) is 25.3. The minimum atomic E-state index is 0.0283. The van der Waals surface area contributed by atoms with Gasteiger partial charge in [0.15, 0.2) is 5.96 Å². The number of carbonyl (C=O) groups excluding carboxylic acids is 1. The van der Waals surface area contributed by atoms with Crippen LogP contribution >= 0.6 is 0 Å². The van der Waals surface area contributed by atoms with E-state index in [1.165, 1.54) is 44.9 Å². The predicted molar refractivity (Wildman–Crippen MR) is 106 cm³/mol. The van der Waals surface area contributed by atoms with Crippen molar-refractivity contribution in [3.05, 3.63) is 0 Å². The summed E-state index contributed by atoms with van der Waals surface area (Å²) in [6.07, 6.45) is 9.89. The van der Waals surface area contributed by atoms with Crippen LogP contribution in [0.1, 0.15) is 58.3 Å². The molecule has 150 valence electrons. The molecule has 2 N–H and O–H groups in total. The number of aliphatic imine (C=N–C) groups is 1. The maximum absolute atomic E-state index is 12.0. The van der Waals surface area contributed by atoms with Crippen LogP contribution in [0.2, 0.25) is 0 Å². The Kier molecular flexibility index (Phi) is 8.19. The van der Waals surface area contributed by atoms with Crippen molar-refractivity contribution in [2.75, 3.05) is 40.9 Å². The molecule has 1 amide bonds. The van der Waals surface area contributed by atoms with Gasteiger partial charge in [-0.25, -0.2) is 4.99 Å². The molecule has 6 nitrogen and oxygen atoms in total. The Hall–Kier alpha value is -1.30. The molecule has 0 heterocycles. The van der Waals surface area contributed by atoms with Crippen molar-refractivity contribution in [3.63, 3.8) is 0 Å². The highest BCUT2D eigenvalue weighted by Gasteiger charge is 2.36. The molecule has 2 fully saturated rings. The van der Waals surface area contributed by atoms with Crippen molar-refractivity contribution < 1.29 is 9.53 Å². The zero-order chi connectivity index (χ0) is 19.0. The summed E-state index contributed by atoms with van der Waals surface area (Å²) in [5, 5.41) is 7.16. The average Bonchev–Trinajstić information content (AvgIpc) is 2.59. The number of rotatable bonds is 8. The van der Waals surface area contributed by atoms with E-state index in [1.807, 2.05) is 0 Å². The molecule has 0 spiro atoms. The van der Waals surface area contributed by atoms with Crippen molar-refractivity contribution in [2.45, 2.75) is 64.3 Å². The summed E-state index contributed by atoms with van der Waals surface area (Å²) in [6.45, 7) is 4.21. The second-order valence-corrected chi connectivity index (χ2v) is 8.42. The van der Waals surface area contributed by atoms with Gasteiger partial charge in [0.05, 0.1) is 0 Å². The number of hydrogen-bond donors (Lipinski definition) is 2. The lowest BCUT2D eigenvalue weighted by molar-refractivity contribution is -0.127. The molecule has 2 aliphatic carbocycles. The zero-order valence-electron chi connectivity index (χ0n) is 17.1. The van der Waals surface area contributed by atoms with Gasteiger partial charge in [0.2, 0.25) is 5.91 Å². The first-order valence-electron chi connectivity index (χ1n) is 10.2. The number of nitrogens with zero attached hydrogens (tertiary/aromatic N) is 2. The Morgan fingerprint density at radius 2 is 1.96 bits per heavy atom. The number of hydrogen-bond acceptors (Lipinski definition) is 3. The highest BCUT2D eigenvalue weighted by atomic mass is 16.5. The lowest BCUT2D eigenvalue weighted by Gasteiger charge is -2.42. The fourth-order valence-corrected chi connectivity index (χ4v) is 3.93. The molecule has 6 heteroatoms. The Morgan fingerprint density at radius 3 is 2.54 bits per heavy atom. The molecule has 0 aromatic carbocycles. The molecule has 0 aromatic heterocycles. The highest BCUT2D eigenvalue weighted by Crippen LogP contribution is 2.43. The van der Waals surface area contributed by atoms with Gasteiger partial charge in [0.1, 0.15) is 6.54 Å². The lowest BCUT2D eigenvalue weighted by atomic mass is 9.67. The zero-order valence-corrected chi connectivity index (χ0v) is 17.1. The van der Waals surface area contributed by atoms with Gasteiger partial charge in [-0.1, -0.05) is 26.2 Å². The monoisotopic (exact) mass is 366 g/mol. The SMILES string of the molecule is COCCC1(CNC(=NCC(=O)N(C)C)NC2CCCCC2C)CCC1. The van der Waals surface area contributed by atoms with Crippen molar-refractivity contribution >= 4 is 11.9 Å². The number of amides is 1. The van der Waals surface area contributed by atoms with E-state index in [0.29, 0.717) is 17.4 Å². The third-order valence-corrected chi connectivity index (χ3v) is 6.19. The molecule has 0 saturated heterocycles. The largest absolute Gasteiger partial charge is 0.385 e. The fourth-order valence-electron chi connectivity index (χ4n) is 3.93. The van der Waals surface area contributed by atoms with Gasteiger partial charge in [-0.3, -0.25) is 4.79 Å². The van der Waals surface area contributed by atoms with E-state index in [0.717, 1.165) is 25.5 Å². The number of methoxy groups -OCH3 is 1. The first-order valence-corrected chi connectivity index (χ1v) is 10.2. The van der Waals surface area contributed by atoms with Crippen molar-refractivity contribution in [2.24, 2.45) is 16.3 Å². The van der Waals surface area contributed by atoms with Gasteiger partial charge in [-0.15, -0.1) is 0 Å². The van der Waals surface area contributed by atoms with Crippen LogP contribution in [0.4, 0.5) is 0 Å². The Bertz CT molecular complexity index is 474. The summed E-state index contributed by atoms with van der Waals surface area (Å²) in [5.41, 5.74) is 0.322. The van der Waals surface area contributed by atoms with Gasteiger partial charge in [-0.05, 0) is 43.4 Å². The summed E-state index contributed by atoms with van der Waals surface area (Å²) in [4.78, 5) is 18.1. The maximum atomic E-state index is 12.0. The first-order chi connectivity index (χ1) is 12.5. The second-order valence-electron chi connectivity index (χ2n) is 8.42. The van der Waals surface area contributed by atoms with E-state index in [4.69, 9.17) is 4.74 Å². The van der Waals surface area contributed by atoms with Crippen molar-refractivity contribution in [1.82, 2.24) is 15.5 Å². The third kappa shape index (κ3) is 6.15. The maximum Gasteiger partial charge on any atom is 0.243 e. The summed E-state index contributed by atoms with van der Waals surface area (Å²) < 4.78 is 5.30. The average molecular weight is 367 g/mol. The molecule has 2 aliphatic rings. The number of nitrogens with one attached hydrogen (secondary N) is 2. The van der Waals surface area contributed by atoms with E-state index >= 15 is 0 Å². The number of likely N-dealkylation sites (N-methyl/N-ethyl adjacent to an activating group) is 1. The standard InChI is InChI=1S/C20H38N4O2/c1-16-8-5-6-9-17(16)23-19(21-14-18(25)24(2)3)22-15-20(10-7-11-20)12-13-26-4/h16-17H,5-15H2,1-4H3,(H2,21,22,23). The van der Waals surface area contributed by atoms with E-state index in [-0.39, 0.29) is 12.5 Å². The van der Waals surface area contributed by atoms with Crippen LogP contribution in [0, 0.1) is 11.3 Å². The lowest BCUT2D eigenvalue weighted by Crippen LogP contribution is -2.51. The van der Waals surface area contributed by atoms with Gasteiger partial charge in [0, 0.05) is 40.4 Å². The highest BCUT2D eigenvalue weighted by molar-refractivity contribution is 5.85. The predicted octanol–water partition coefficient (Wildman–Crippen LogP) is 2.40. The smallest absolute Gasteiger partial charge is 0.243 e. The summed E-state index contributed by atoms with van der Waals surface area (Å²) in [5.74, 6) is 1.47. The van der Waals surface area contributed by atoms with E-state index in [2.05, 4.69) is 22.5 Å². The van der Waals surface area contributed by atoms with Gasteiger partial charge < -0.3 is 20.3 Å². The first kappa shape index (κ1) is 21.0. The fraction of sp³-hybridized carbons (Fsp3) is 0.900. The van der Waals surface area contributed by atoms with E-state index < -0.39 is 0 Å². The summed E-state index contributed by atoms with van der Waals surface area (Å²) >= 11 is 0. The van der Waals surface area contributed by atoms with Crippen LogP contribution < -0.4 is 10.6 Å². The van der Waals surface area contributed by atoms with Crippen molar-refractivity contribution in [3.8, 4) is 0 Å². The van der Waals surface area contributed by atoms with Crippen LogP contribution in [0.5, 0.6) is 0 Å². The summed E-state index contributed by atoms with van der Waals surface area (Å²) in [6, 6.07) is 0.445. The molecule has 0 bridgehead atoms. The molecule has 2 saturated carbocycles.